The van der Waals surface area contributed by atoms with Crippen molar-refractivity contribution >= 4 is 55.4 Å². The van der Waals surface area contributed by atoms with Crippen molar-refractivity contribution in [2.75, 3.05) is 25.0 Å². The molecule has 6 rings (SSSR count). The summed E-state index contributed by atoms with van der Waals surface area (Å²) in [5.74, 6) is -1.79. The van der Waals surface area contributed by atoms with Crippen molar-refractivity contribution in [1.82, 2.24) is 19.6 Å². The van der Waals surface area contributed by atoms with Crippen LogP contribution in [0, 0.1) is 23.0 Å². The van der Waals surface area contributed by atoms with Crippen LogP contribution < -0.4 is 5.32 Å². The first kappa shape index (κ1) is 32.2. The molecule has 47 heavy (non-hydrogen) atoms. The van der Waals surface area contributed by atoms with Gasteiger partial charge in [-0.2, -0.15) is 10.4 Å². The number of carbonyl (C=O) groups is 3. The highest BCUT2D eigenvalue weighted by atomic mass is 32.1. The van der Waals surface area contributed by atoms with Gasteiger partial charge in [-0.3, -0.25) is 14.8 Å². The van der Waals surface area contributed by atoms with Crippen molar-refractivity contribution in [2.45, 2.75) is 71.8 Å². The minimum absolute atomic E-state index is 0.0442. The summed E-state index contributed by atoms with van der Waals surface area (Å²) in [7, 11) is 0. The molecule has 2 aromatic heterocycles. The zero-order valence-electron chi connectivity index (χ0n) is 26.9. The number of nitriles is 1. The molecule has 0 spiro atoms. The second-order valence-corrected chi connectivity index (χ2v) is 14.6. The number of hydrogen-bond donors (Lipinski definition) is 1. The second kappa shape index (κ2) is 11.5. The zero-order valence-corrected chi connectivity index (χ0v) is 27.7. The summed E-state index contributed by atoms with van der Waals surface area (Å²) < 4.78 is 44.1. The number of anilines is 1. The highest BCUT2D eigenvalue weighted by Gasteiger charge is 2.38. The fourth-order valence-corrected chi connectivity index (χ4v) is 7.18. The van der Waals surface area contributed by atoms with Gasteiger partial charge in [0.1, 0.15) is 33.9 Å². The van der Waals surface area contributed by atoms with Gasteiger partial charge < -0.3 is 19.3 Å². The molecule has 1 unspecified atom stereocenters. The van der Waals surface area contributed by atoms with E-state index in [1.807, 2.05) is 6.07 Å². The van der Waals surface area contributed by atoms with Crippen molar-refractivity contribution < 1.29 is 32.6 Å². The number of hydrogen-bond acceptors (Lipinski definition) is 8. The van der Waals surface area contributed by atoms with Crippen LogP contribution in [0.2, 0.25) is 0 Å². The van der Waals surface area contributed by atoms with Crippen LogP contribution in [0.3, 0.4) is 0 Å². The largest absolute Gasteiger partial charge is 0.444 e. The number of nitrogens with zero attached hydrogens (tertiary/aromatic N) is 5. The summed E-state index contributed by atoms with van der Waals surface area (Å²) >= 11 is 0.847. The maximum Gasteiger partial charge on any atom is 0.412 e. The molecular weight excluding hydrogens is 630 g/mol. The average Bonchev–Trinajstić information content (AvgIpc) is 3.55. The molecule has 0 bridgehead atoms. The van der Waals surface area contributed by atoms with Gasteiger partial charge in [-0.15, -0.1) is 11.3 Å². The lowest BCUT2D eigenvalue weighted by Gasteiger charge is -2.42. The van der Waals surface area contributed by atoms with Gasteiger partial charge in [0.15, 0.2) is 0 Å². The summed E-state index contributed by atoms with van der Waals surface area (Å²) in [5, 5.41) is 17.7. The van der Waals surface area contributed by atoms with E-state index >= 15 is 8.78 Å². The number of aryl methyl sites for hydroxylation is 1. The molecule has 4 heterocycles. The van der Waals surface area contributed by atoms with Crippen LogP contribution in [0.1, 0.15) is 63.9 Å². The van der Waals surface area contributed by atoms with E-state index in [2.05, 4.69) is 10.4 Å². The molecule has 0 saturated carbocycles. The molecule has 1 fully saturated rings. The Kier molecular flexibility index (Phi) is 7.86. The van der Waals surface area contributed by atoms with Gasteiger partial charge in [0.05, 0.1) is 33.6 Å². The highest BCUT2D eigenvalue weighted by molar-refractivity contribution is 7.23. The number of aromatic nitrogens is 2. The Morgan fingerprint density at radius 2 is 1.77 bits per heavy atom. The lowest BCUT2D eigenvalue weighted by atomic mass is 9.93. The molecule has 1 atom stereocenters. The van der Waals surface area contributed by atoms with E-state index in [-0.39, 0.29) is 63.0 Å². The molecule has 1 N–H and O–H groups in total. The second-order valence-electron chi connectivity index (χ2n) is 13.6. The standard InChI is InChI=1S/C33H34F2N6O5S/c1-32(2,3)45-30(43)38-28-20(14-36)25-18(7-8-22(34)27(25)47-28)24-21-15-37-41-10-9-17-16-39(31(44)46-33(4,5)6)11-12-40(17)29(42)19(26(21)41)13-23(24)35/h7-8,13,15,17H,9-12,16H2,1-6H3,(H,38,43). The number of thiophene rings is 1. The molecule has 0 radical (unpaired) electrons. The summed E-state index contributed by atoms with van der Waals surface area (Å²) in [4.78, 5) is 42.6. The molecular formula is C33H34F2N6O5S. The predicted octanol–water partition coefficient (Wildman–Crippen LogP) is 6.88. The minimum atomic E-state index is -0.820. The minimum Gasteiger partial charge on any atom is -0.444 e. The SMILES string of the molecule is CC(C)(C)OC(=O)Nc1sc2c(F)ccc(-c3c(F)cc4c5c3cnn5CCC3CN(C(=O)OC(C)(C)C)CCN3C4=O)c2c1C#N. The van der Waals surface area contributed by atoms with Crippen LogP contribution in [-0.2, 0) is 16.0 Å². The van der Waals surface area contributed by atoms with Crippen molar-refractivity contribution in [3.05, 3.63) is 47.2 Å². The molecule has 2 aromatic carbocycles. The number of rotatable bonds is 2. The monoisotopic (exact) mass is 664 g/mol. The van der Waals surface area contributed by atoms with Gasteiger partial charge >= 0.3 is 12.2 Å². The summed E-state index contributed by atoms with van der Waals surface area (Å²) in [6, 6.07) is 5.43. The highest BCUT2D eigenvalue weighted by Crippen LogP contribution is 2.45. The zero-order chi connectivity index (χ0) is 34.0. The maximum atomic E-state index is 16.4. The van der Waals surface area contributed by atoms with E-state index in [9.17, 15) is 19.6 Å². The molecule has 1 saturated heterocycles. The summed E-state index contributed by atoms with van der Waals surface area (Å²) in [6.07, 6.45) is 0.678. The van der Waals surface area contributed by atoms with Crippen molar-refractivity contribution in [3.63, 3.8) is 0 Å². The Bertz CT molecular complexity index is 2000. The number of amides is 3. The third kappa shape index (κ3) is 5.95. The Hall–Kier alpha value is -4.77. The van der Waals surface area contributed by atoms with Crippen LogP contribution in [0.15, 0.2) is 24.4 Å². The van der Waals surface area contributed by atoms with E-state index in [1.54, 1.807) is 56.0 Å². The van der Waals surface area contributed by atoms with Crippen LogP contribution in [0.4, 0.5) is 23.4 Å². The first-order valence-electron chi connectivity index (χ1n) is 15.2. The van der Waals surface area contributed by atoms with Crippen LogP contribution in [-0.4, -0.2) is 74.6 Å². The Morgan fingerprint density at radius 3 is 2.45 bits per heavy atom. The van der Waals surface area contributed by atoms with Gasteiger partial charge in [0, 0.05) is 42.5 Å². The van der Waals surface area contributed by atoms with E-state index in [0.717, 1.165) is 17.4 Å². The third-order valence-corrected chi connectivity index (χ3v) is 9.07. The predicted molar refractivity (Wildman–Crippen MR) is 172 cm³/mol. The van der Waals surface area contributed by atoms with Crippen LogP contribution in [0.25, 0.3) is 32.1 Å². The first-order chi connectivity index (χ1) is 22.1. The smallest absolute Gasteiger partial charge is 0.412 e. The molecule has 2 aliphatic heterocycles. The lowest BCUT2D eigenvalue weighted by Crippen LogP contribution is -2.57. The van der Waals surface area contributed by atoms with E-state index in [1.165, 1.54) is 18.3 Å². The Labute approximate surface area is 273 Å². The van der Waals surface area contributed by atoms with E-state index in [4.69, 9.17) is 9.47 Å². The summed E-state index contributed by atoms with van der Waals surface area (Å²) in [6.45, 7) is 11.6. The first-order valence-corrected chi connectivity index (χ1v) is 16.0. The number of halogens is 2. The quantitative estimate of drug-likeness (QED) is 0.247. The van der Waals surface area contributed by atoms with Crippen molar-refractivity contribution in [2.24, 2.45) is 0 Å². The number of ether oxygens (including phenoxy) is 2. The van der Waals surface area contributed by atoms with E-state index in [0.29, 0.717) is 23.9 Å². The fraction of sp³-hybridized carbons (Fsp3) is 0.424. The Morgan fingerprint density at radius 1 is 1.04 bits per heavy atom. The van der Waals surface area contributed by atoms with Crippen molar-refractivity contribution in [1.29, 1.82) is 5.26 Å². The van der Waals surface area contributed by atoms with Crippen molar-refractivity contribution in [3.8, 4) is 17.2 Å². The molecule has 246 valence electrons. The van der Waals surface area contributed by atoms with Crippen LogP contribution in [0.5, 0.6) is 0 Å². The van der Waals surface area contributed by atoms with Crippen LogP contribution >= 0.6 is 11.3 Å². The normalized spacial score (nSPS) is 16.8. The lowest BCUT2D eigenvalue weighted by molar-refractivity contribution is 0.00275. The number of fused-ring (bicyclic) bond motifs is 2. The fourth-order valence-electron chi connectivity index (χ4n) is 6.11. The Balaban J connectivity index is 1.42. The summed E-state index contributed by atoms with van der Waals surface area (Å²) in [5.41, 5.74) is -0.720. The van der Waals surface area contributed by atoms with Gasteiger partial charge in [0.25, 0.3) is 5.91 Å². The molecule has 2 aliphatic rings. The van der Waals surface area contributed by atoms with Gasteiger partial charge in [-0.05, 0) is 65.7 Å². The number of piperazine rings is 1. The average molecular weight is 665 g/mol. The molecule has 14 heteroatoms. The molecule has 0 aliphatic carbocycles. The third-order valence-electron chi connectivity index (χ3n) is 7.96. The molecule has 4 aromatic rings. The number of carbonyl (C=O) groups excluding carboxylic acids is 3. The number of nitrogens with one attached hydrogen (secondary N) is 1. The van der Waals surface area contributed by atoms with E-state index < -0.39 is 40.9 Å². The van der Waals surface area contributed by atoms with Gasteiger partial charge in [-0.1, -0.05) is 6.07 Å². The van der Waals surface area contributed by atoms with Gasteiger partial charge in [0.2, 0.25) is 0 Å². The number of benzene rings is 2. The topological polar surface area (TPSA) is 130 Å². The maximum absolute atomic E-state index is 16.4. The molecule has 3 amide bonds. The molecule has 11 nitrogen and oxygen atoms in total. The van der Waals surface area contributed by atoms with Gasteiger partial charge in [-0.25, -0.2) is 18.4 Å².